The van der Waals surface area contributed by atoms with Gasteiger partial charge in [0.25, 0.3) is 11.8 Å². The Morgan fingerprint density at radius 2 is 0.667 bits per heavy atom. The molecule has 3 unspecified atom stereocenters. The largest absolute Gasteiger partial charge is 0.339 e. The molecule has 0 radical (unpaired) electrons. The highest BCUT2D eigenvalue weighted by Crippen LogP contribution is 2.34. The minimum atomic E-state index is 0.0708. The van der Waals surface area contributed by atoms with Crippen molar-refractivity contribution in [3.63, 3.8) is 0 Å². The summed E-state index contributed by atoms with van der Waals surface area (Å²) in [4.78, 5) is 49.2. The van der Waals surface area contributed by atoms with Gasteiger partial charge >= 0.3 is 0 Å². The number of hydrogen-bond donors (Lipinski definition) is 0. The molecule has 1 aliphatic carbocycles. The number of nitrogens with zero attached hydrogens (tertiary/aromatic N) is 18. The van der Waals surface area contributed by atoms with E-state index in [2.05, 4.69) is 300 Å². The van der Waals surface area contributed by atoms with Gasteiger partial charge in [-0.2, -0.15) is 29.9 Å². The van der Waals surface area contributed by atoms with Crippen LogP contribution in [0.15, 0.2) is 282 Å². The van der Waals surface area contributed by atoms with Crippen molar-refractivity contribution in [2.45, 2.75) is 166 Å². The van der Waals surface area contributed by atoms with E-state index in [1.54, 1.807) is 55.8 Å². The van der Waals surface area contributed by atoms with Gasteiger partial charge in [0.15, 0.2) is 0 Å². The summed E-state index contributed by atoms with van der Waals surface area (Å²) in [5, 5.41) is 24.4. The molecule has 0 spiro atoms. The number of aryl methyl sites for hydroxylation is 4. The van der Waals surface area contributed by atoms with Gasteiger partial charge in [0.1, 0.15) is 0 Å². The van der Waals surface area contributed by atoms with Crippen molar-refractivity contribution in [1.29, 1.82) is 0 Å². The molecule has 1 fully saturated rings. The Kier molecular flexibility index (Phi) is 32.9. The van der Waals surface area contributed by atoms with Crippen LogP contribution in [0.5, 0.6) is 0 Å². The molecule has 6 aromatic carbocycles. The maximum Gasteiger partial charge on any atom is 0.258 e. The lowest BCUT2D eigenvalue weighted by molar-refractivity contribution is 0.353. The fourth-order valence-corrected chi connectivity index (χ4v) is 15.5. The van der Waals surface area contributed by atoms with Crippen LogP contribution in [0.2, 0.25) is 0 Å². The highest BCUT2D eigenvalue weighted by Gasteiger charge is 2.24. The van der Waals surface area contributed by atoms with E-state index in [1.165, 1.54) is 75.8 Å². The number of aromatic nitrogens is 17. The van der Waals surface area contributed by atoms with Crippen LogP contribution in [-0.4, -0.2) is 105 Å². The van der Waals surface area contributed by atoms with E-state index in [0.29, 0.717) is 82.2 Å². The lowest BCUT2D eigenvalue weighted by Crippen LogP contribution is -2.10. The molecule has 18 rings (SSSR count). The first kappa shape index (κ1) is 93.0. The van der Waals surface area contributed by atoms with E-state index < -0.39 is 0 Å². The summed E-state index contributed by atoms with van der Waals surface area (Å²) < 4.78 is 33.4. The summed E-state index contributed by atoms with van der Waals surface area (Å²) in [6.45, 7) is 28.7. The molecule has 660 valence electrons. The van der Waals surface area contributed by atoms with Crippen molar-refractivity contribution in [3.05, 3.63) is 339 Å². The summed E-state index contributed by atoms with van der Waals surface area (Å²) in [5.41, 5.74) is 20.9. The lowest BCUT2D eigenvalue weighted by Gasteiger charge is -2.09. The first-order chi connectivity index (χ1) is 62.4. The highest BCUT2D eigenvalue weighted by atomic mass is 79.9. The predicted octanol–water partition coefficient (Wildman–Crippen LogP) is 24.6. The van der Waals surface area contributed by atoms with Gasteiger partial charge in [-0.05, 0) is 253 Å². The maximum absolute atomic E-state index is 5.56. The van der Waals surface area contributed by atoms with E-state index in [4.69, 9.17) is 27.1 Å². The Balaban J connectivity index is 0.000000133. The molecule has 1 saturated carbocycles. The van der Waals surface area contributed by atoms with Crippen molar-refractivity contribution in [1.82, 2.24) is 90.7 Å². The summed E-state index contributed by atoms with van der Waals surface area (Å²) >= 11 is 3.46. The van der Waals surface area contributed by atoms with E-state index in [-0.39, 0.29) is 17.8 Å². The molecule has 0 aliphatic heterocycles. The van der Waals surface area contributed by atoms with Crippen LogP contribution < -0.4 is 0 Å². The number of hydrogen-bond acceptors (Lipinski definition) is 24. The maximum atomic E-state index is 5.56. The molecule has 25 heteroatoms. The van der Waals surface area contributed by atoms with Gasteiger partial charge in [-0.15, -0.1) is 0 Å². The molecule has 1 aliphatic rings. The van der Waals surface area contributed by atoms with Gasteiger partial charge in [0, 0.05) is 124 Å². The molecular weight excluding hydrogens is 1680 g/mol. The third kappa shape index (κ3) is 27.2. The number of pyridine rings is 5. The minimum absolute atomic E-state index is 0.0708. The van der Waals surface area contributed by atoms with E-state index in [0.717, 1.165) is 104 Å². The Labute approximate surface area is 763 Å². The number of halogens is 1. The molecular formula is C104H111BrN18O6. The third-order valence-corrected chi connectivity index (χ3v) is 22.0. The summed E-state index contributed by atoms with van der Waals surface area (Å²) in [6.07, 6.45) is 26.8. The third-order valence-electron chi connectivity index (χ3n) is 21.5. The molecule has 11 aromatic heterocycles. The SMILES string of the molecule is CC(C)Cc1ccc(C(C)c2nc(-c3ccc(CN(C)C)cc3)no2)cc1.CC(C)Cc1ccc(C(C)c2nc(-c3ccncc3)no2)cc1.Cc1cc(Br)cc(-c2nc(-c3ccncc3)no2)c1.Cc1cc(C)cc(-c2nc(-c3ccncc3)no2)c1.Cc1cnccc1-c1noc(C(C)c2ccc(CC(C)C)cc2)n1.c1cc(-c2noc(CC3CCCC3)n2)ccn1. The van der Waals surface area contributed by atoms with Crippen molar-refractivity contribution in [2.24, 2.45) is 23.7 Å². The Morgan fingerprint density at radius 1 is 0.333 bits per heavy atom. The molecule has 11 heterocycles. The zero-order valence-electron chi connectivity index (χ0n) is 76.0. The van der Waals surface area contributed by atoms with Crippen molar-refractivity contribution >= 4 is 15.9 Å². The number of rotatable bonds is 24. The molecule has 24 nitrogen and oxygen atoms in total. The van der Waals surface area contributed by atoms with Crippen molar-refractivity contribution < 1.29 is 27.1 Å². The molecule has 3 atom stereocenters. The predicted molar refractivity (Wildman–Crippen MR) is 505 cm³/mol. The fraction of sp³-hybridized carbons (Fsp3) is 0.298. The second kappa shape index (κ2) is 45.7. The van der Waals surface area contributed by atoms with Crippen LogP contribution in [0.1, 0.15) is 191 Å². The average molecular weight is 1790 g/mol. The molecule has 0 amide bonds. The summed E-state index contributed by atoms with van der Waals surface area (Å²) in [5.74, 6) is 10.4. The van der Waals surface area contributed by atoms with Crippen molar-refractivity contribution in [2.75, 3.05) is 14.1 Å². The van der Waals surface area contributed by atoms with Gasteiger partial charge in [0.2, 0.25) is 58.5 Å². The number of benzene rings is 6. The second-order valence-corrected chi connectivity index (χ2v) is 35.1. The molecule has 0 bridgehead atoms. The van der Waals surface area contributed by atoms with Crippen LogP contribution in [0.3, 0.4) is 0 Å². The van der Waals surface area contributed by atoms with Crippen molar-refractivity contribution in [3.8, 4) is 91.2 Å². The summed E-state index contributed by atoms with van der Waals surface area (Å²) in [7, 11) is 4.13. The van der Waals surface area contributed by atoms with E-state index >= 15 is 0 Å². The summed E-state index contributed by atoms with van der Waals surface area (Å²) in [6, 6.07) is 63.5. The van der Waals surface area contributed by atoms with Crippen LogP contribution in [0.4, 0.5) is 0 Å². The van der Waals surface area contributed by atoms with Crippen LogP contribution in [0.25, 0.3) is 91.2 Å². The molecule has 17 aromatic rings. The quantitative estimate of drug-likeness (QED) is 0.0543. The topological polar surface area (TPSA) is 301 Å². The normalized spacial score (nSPS) is 12.5. The molecule has 0 saturated heterocycles. The van der Waals surface area contributed by atoms with Gasteiger partial charge in [0.05, 0.1) is 17.8 Å². The molecule has 0 N–H and O–H groups in total. The van der Waals surface area contributed by atoms with Gasteiger partial charge in [-0.25, -0.2) is 0 Å². The van der Waals surface area contributed by atoms with Gasteiger partial charge in [-0.1, -0.05) is 216 Å². The lowest BCUT2D eigenvalue weighted by atomic mass is 9.97. The monoisotopic (exact) mass is 1790 g/mol. The highest BCUT2D eigenvalue weighted by molar-refractivity contribution is 9.10. The zero-order valence-corrected chi connectivity index (χ0v) is 77.5. The average Bonchev–Trinajstić information content (AvgIpc) is 1.62. The van der Waals surface area contributed by atoms with Gasteiger partial charge < -0.3 is 32.0 Å². The van der Waals surface area contributed by atoms with Gasteiger partial charge in [-0.3, -0.25) is 24.9 Å². The van der Waals surface area contributed by atoms with E-state index in [9.17, 15) is 0 Å². The first-order valence-electron chi connectivity index (χ1n) is 43.9. The van der Waals surface area contributed by atoms with Crippen LogP contribution in [0, 0.1) is 51.4 Å². The fourth-order valence-electron chi connectivity index (χ4n) is 14.9. The van der Waals surface area contributed by atoms with Crippen LogP contribution >= 0.6 is 15.9 Å². The Hall–Kier alpha value is -13.7. The Morgan fingerprint density at radius 3 is 1.05 bits per heavy atom. The van der Waals surface area contributed by atoms with E-state index in [1.807, 2.05) is 105 Å². The molecule has 129 heavy (non-hydrogen) atoms. The Bertz CT molecular complexity index is 6090. The smallest absolute Gasteiger partial charge is 0.258 e. The first-order valence-corrected chi connectivity index (χ1v) is 44.7. The minimum Gasteiger partial charge on any atom is -0.339 e. The second-order valence-electron chi connectivity index (χ2n) is 34.2. The zero-order chi connectivity index (χ0) is 90.7. The standard InChI is InChI=1S/C23H29N3O.C20H23N3O.C19H21N3O.C15H13N3O.C14H10BrN3O.C13H15N3O/c1-16(2)14-18-6-10-20(11-7-18)17(3)23-24-22(25-27-23)21-12-8-19(9-13-21)15-26(4)5;1-13(2)11-16-5-7-17(8-6-16)15(4)20-22-19(23-24-20)18-9-10-21-12-14(18)3;1-13(2)12-15-4-6-16(7-5-15)14(3)19-21-18(22-23-19)17-8-10-20-11-9-17;1-10-7-11(2)9-13(8-10)15-17-14(18-19-15)12-3-5-16-6-4-12;1-9-6-11(8-12(15)7-9)14-17-13(18-19-14)10-2-4-16-5-3-10;1-2-4-10(3-1)9-12-15-13(16-17-12)11-5-7-14-8-6-11/h6-13,16-17H,14-15H2,1-5H3;5-10,12-13,15H,11H2,1-4H3;4-11,13-14H,12H2,1-3H3;3-9H,1-2H3;2-8H,1H3;5-8,10H,1-4,9H2. The van der Waals surface area contributed by atoms with Crippen LogP contribution in [-0.2, 0) is 32.2 Å².